The molecule has 0 rings (SSSR count). The first-order chi connectivity index (χ1) is 4.04. The normalized spacial score (nSPS) is 12.7. The second-order valence-corrected chi connectivity index (χ2v) is 1.50. The number of rotatable bonds is 3. The summed E-state index contributed by atoms with van der Waals surface area (Å²) in [7, 11) is 0. The van der Waals surface area contributed by atoms with Crippen molar-refractivity contribution in [1.29, 1.82) is 0 Å². The number of hydrogen-bond acceptors (Lipinski definition) is 4. The highest BCUT2D eigenvalue weighted by Gasteiger charge is 2.13. The third kappa shape index (κ3) is 3.63. The quantitative estimate of drug-likeness (QED) is 0.315. The van der Waals surface area contributed by atoms with Gasteiger partial charge in [-0.1, -0.05) is 0 Å². The Morgan fingerprint density at radius 2 is 2.00 bits per heavy atom. The fourth-order valence-electron chi connectivity index (χ4n) is 0.277. The molecule has 1 atom stereocenters. The Labute approximate surface area is 51.1 Å². The molecule has 5 nitrogen and oxygen atoms in total. The van der Waals surface area contributed by atoms with Gasteiger partial charge in [0, 0.05) is 0 Å². The Morgan fingerprint density at radius 3 is 2.11 bits per heavy atom. The van der Waals surface area contributed by atoms with E-state index in [-0.39, 0.29) is 0 Å². The molecule has 0 saturated carbocycles. The summed E-state index contributed by atoms with van der Waals surface area (Å²) >= 11 is 0. The molecular formula is C4H7NO4. The number of nitrogens with two attached hydrogens (primary N) is 1. The maximum absolute atomic E-state index is 10.1. The Bertz CT molecular complexity index is 131. The van der Waals surface area contributed by atoms with E-state index in [0.717, 1.165) is 0 Å². The van der Waals surface area contributed by atoms with Crippen LogP contribution >= 0.6 is 0 Å². The van der Waals surface area contributed by atoms with Crippen molar-refractivity contribution in [1.82, 2.24) is 0 Å². The van der Waals surface area contributed by atoms with Crippen LogP contribution in [0.2, 0.25) is 0 Å². The summed E-state index contributed by atoms with van der Waals surface area (Å²) in [5.74, 6) is -2.65. The summed E-state index contributed by atoms with van der Waals surface area (Å²) in [5.41, 5.74) is 4.70. The lowest BCUT2D eigenvalue weighted by molar-refractivity contribution is -0.150. The van der Waals surface area contributed by atoms with E-state index in [1.54, 1.807) is 0 Å². The van der Waals surface area contributed by atoms with Gasteiger partial charge in [0.15, 0.2) is 0 Å². The molecule has 0 amide bonds. The summed E-state index contributed by atoms with van der Waals surface area (Å²) in [6.07, 6.45) is -1.90. The zero-order chi connectivity index (χ0) is 7.44. The molecule has 0 saturated heterocycles. The second kappa shape index (κ2) is 3.16. The second-order valence-electron chi connectivity index (χ2n) is 1.50. The van der Waals surface area contributed by atoms with Gasteiger partial charge in [0.1, 0.15) is 6.23 Å². The molecule has 0 aromatic heterocycles. The Balaban J connectivity index is 3.65. The molecule has 0 spiro atoms. The van der Waals surface area contributed by atoms with Gasteiger partial charge in [-0.25, -0.2) is 4.79 Å². The van der Waals surface area contributed by atoms with Gasteiger partial charge >= 0.3 is 5.97 Å². The van der Waals surface area contributed by atoms with Crippen LogP contribution in [0.5, 0.6) is 0 Å². The fourth-order valence-corrected chi connectivity index (χ4v) is 0.277. The maximum atomic E-state index is 10.1. The van der Waals surface area contributed by atoms with Crippen molar-refractivity contribution in [2.24, 2.45) is 5.73 Å². The van der Waals surface area contributed by atoms with Crippen LogP contribution in [0.25, 0.3) is 0 Å². The van der Waals surface area contributed by atoms with E-state index in [1.807, 2.05) is 0 Å². The molecule has 0 heterocycles. The predicted molar refractivity (Wildman–Crippen MR) is 27.5 cm³/mol. The molecule has 4 N–H and O–H groups in total. The first kappa shape index (κ1) is 8.06. The van der Waals surface area contributed by atoms with E-state index >= 15 is 0 Å². The maximum Gasteiger partial charge on any atom is 0.372 e. The van der Waals surface area contributed by atoms with E-state index in [0.29, 0.717) is 0 Å². The lowest BCUT2D eigenvalue weighted by atomic mass is 10.3. The summed E-state index contributed by atoms with van der Waals surface area (Å²) in [6.45, 7) is 0. The van der Waals surface area contributed by atoms with Gasteiger partial charge in [-0.3, -0.25) is 4.79 Å². The zero-order valence-corrected chi connectivity index (χ0v) is 4.57. The van der Waals surface area contributed by atoms with Gasteiger partial charge in [0.2, 0.25) is 5.78 Å². The van der Waals surface area contributed by atoms with Crippen molar-refractivity contribution in [3.8, 4) is 0 Å². The molecule has 0 aliphatic carbocycles. The standard InChI is InChI=1S/C4H7NO4/c5-3(7)1-2(6)4(8)9/h3,7H,1,5H2,(H,8,9). The van der Waals surface area contributed by atoms with Crippen LogP contribution in [-0.4, -0.2) is 28.2 Å². The summed E-state index contributed by atoms with van der Waals surface area (Å²) < 4.78 is 0. The molecule has 0 fully saturated rings. The number of aliphatic hydroxyl groups is 1. The van der Waals surface area contributed by atoms with Crippen LogP contribution in [0.1, 0.15) is 6.42 Å². The number of carbonyl (C=O) groups excluding carboxylic acids is 1. The minimum atomic E-state index is -1.57. The van der Waals surface area contributed by atoms with Crippen LogP contribution in [-0.2, 0) is 9.59 Å². The first-order valence-electron chi connectivity index (χ1n) is 2.24. The molecule has 5 heteroatoms. The van der Waals surface area contributed by atoms with Crippen LogP contribution in [0.3, 0.4) is 0 Å². The average Bonchev–Trinajstić information content (AvgIpc) is 1.63. The van der Waals surface area contributed by atoms with Gasteiger partial charge < -0.3 is 15.9 Å². The average molecular weight is 133 g/mol. The summed E-state index contributed by atoms with van der Waals surface area (Å²) in [6, 6.07) is 0. The SMILES string of the molecule is NC(O)CC(=O)C(=O)O. The molecule has 52 valence electrons. The largest absolute Gasteiger partial charge is 0.475 e. The van der Waals surface area contributed by atoms with E-state index in [1.165, 1.54) is 0 Å². The van der Waals surface area contributed by atoms with Gasteiger partial charge in [-0.05, 0) is 0 Å². The number of Topliss-reactive ketones (excluding diaryl/α,β-unsaturated/α-hetero) is 1. The fraction of sp³-hybridized carbons (Fsp3) is 0.500. The molecular weight excluding hydrogens is 126 g/mol. The molecule has 0 radical (unpaired) electrons. The van der Waals surface area contributed by atoms with Crippen molar-refractivity contribution in [3.63, 3.8) is 0 Å². The van der Waals surface area contributed by atoms with Crippen molar-refractivity contribution >= 4 is 11.8 Å². The van der Waals surface area contributed by atoms with Gasteiger partial charge in [-0.2, -0.15) is 0 Å². The van der Waals surface area contributed by atoms with E-state index in [2.05, 4.69) is 0 Å². The smallest absolute Gasteiger partial charge is 0.372 e. The summed E-state index contributed by atoms with van der Waals surface area (Å²) in [4.78, 5) is 19.8. The van der Waals surface area contributed by atoms with E-state index < -0.39 is 24.4 Å². The van der Waals surface area contributed by atoms with E-state index in [4.69, 9.17) is 15.9 Å². The number of carboxylic acids is 1. The van der Waals surface area contributed by atoms with E-state index in [9.17, 15) is 9.59 Å². The number of aliphatic hydroxyl groups excluding tert-OH is 1. The lowest BCUT2D eigenvalue weighted by Crippen LogP contribution is -2.26. The topological polar surface area (TPSA) is 101 Å². The number of carbonyl (C=O) groups is 2. The van der Waals surface area contributed by atoms with Crippen LogP contribution in [0, 0.1) is 0 Å². The molecule has 0 aromatic carbocycles. The molecule has 0 aliphatic heterocycles. The number of ketones is 1. The van der Waals surface area contributed by atoms with Gasteiger partial charge in [0.25, 0.3) is 0 Å². The minimum Gasteiger partial charge on any atom is -0.475 e. The highest BCUT2D eigenvalue weighted by Crippen LogP contribution is 1.84. The van der Waals surface area contributed by atoms with Crippen molar-refractivity contribution in [2.75, 3.05) is 0 Å². The minimum absolute atomic E-state index is 0.532. The van der Waals surface area contributed by atoms with Crippen molar-refractivity contribution < 1.29 is 19.8 Å². The number of carboxylic acid groups (broad SMARTS) is 1. The van der Waals surface area contributed by atoms with Crippen LogP contribution in [0.4, 0.5) is 0 Å². The number of aliphatic carboxylic acids is 1. The van der Waals surface area contributed by atoms with Gasteiger partial charge in [-0.15, -0.1) is 0 Å². The van der Waals surface area contributed by atoms with Crippen molar-refractivity contribution in [3.05, 3.63) is 0 Å². The van der Waals surface area contributed by atoms with Crippen molar-refractivity contribution in [2.45, 2.75) is 12.6 Å². The molecule has 1 unspecified atom stereocenters. The Hall–Kier alpha value is -0.940. The highest BCUT2D eigenvalue weighted by atomic mass is 16.4. The van der Waals surface area contributed by atoms with Crippen LogP contribution < -0.4 is 5.73 Å². The van der Waals surface area contributed by atoms with Gasteiger partial charge in [0.05, 0.1) is 6.42 Å². The third-order valence-electron chi connectivity index (χ3n) is 0.633. The third-order valence-corrected chi connectivity index (χ3v) is 0.633. The Kier molecular flexibility index (Phi) is 2.83. The first-order valence-corrected chi connectivity index (χ1v) is 2.24. The monoisotopic (exact) mass is 133 g/mol. The predicted octanol–water partition coefficient (Wildman–Crippen LogP) is -1.69. The summed E-state index contributed by atoms with van der Waals surface area (Å²) in [5, 5.41) is 16.2. The molecule has 9 heavy (non-hydrogen) atoms. The zero-order valence-electron chi connectivity index (χ0n) is 4.57. The molecule has 0 bridgehead atoms. The Morgan fingerprint density at radius 1 is 1.56 bits per heavy atom. The number of hydrogen-bond donors (Lipinski definition) is 3. The van der Waals surface area contributed by atoms with Crippen LogP contribution in [0.15, 0.2) is 0 Å². The molecule has 0 aromatic rings. The molecule has 0 aliphatic rings. The lowest BCUT2D eigenvalue weighted by Gasteiger charge is -1.97. The highest BCUT2D eigenvalue weighted by molar-refractivity contribution is 6.32.